The van der Waals surface area contributed by atoms with E-state index in [2.05, 4.69) is 9.97 Å². The molecule has 0 amide bonds. The predicted molar refractivity (Wildman–Crippen MR) is 43.0 cm³/mol. The topological polar surface area (TPSA) is 25.8 Å². The summed E-state index contributed by atoms with van der Waals surface area (Å²) in [6.45, 7) is 6.02. The minimum absolute atomic E-state index is 0.882. The number of rotatable bonds is 0. The Hall–Kier alpha value is -0.121. The van der Waals surface area contributed by atoms with Gasteiger partial charge < -0.3 is 0 Å². The zero-order valence-corrected chi connectivity index (χ0v) is 9.77. The monoisotopic (exact) mass is 242 g/mol. The molecule has 0 aliphatic rings. The van der Waals surface area contributed by atoms with Crippen LogP contribution in [0.1, 0.15) is 17.2 Å². The predicted octanol–water partition coefficient (Wildman–Crippen LogP) is -0.0720. The van der Waals surface area contributed by atoms with Crippen LogP contribution in [0.5, 0.6) is 0 Å². The van der Waals surface area contributed by atoms with Gasteiger partial charge in [0.05, 0.1) is 0 Å². The number of nitrogens with zero attached hydrogens (tertiary/aromatic N) is 2. The van der Waals surface area contributed by atoms with E-state index < -0.39 is 0 Å². The van der Waals surface area contributed by atoms with Crippen molar-refractivity contribution in [1.29, 1.82) is 0 Å². The average Bonchev–Trinajstić information content (AvgIpc) is 1.82. The van der Waals surface area contributed by atoms with Crippen LogP contribution in [0.25, 0.3) is 0 Å². The number of aryl methyl sites for hydroxylation is 3. The summed E-state index contributed by atoms with van der Waals surface area (Å²) < 4.78 is 1.33. The van der Waals surface area contributed by atoms with Crippen molar-refractivity contribution < 1.29 is 0 Å². The Kier molecular flexibility index (Phi) is 2.28. The molecular weight excluding hydrogens is 231 g/mol. The molecule has 0 saturated carbocycles. The standard InChI is InChI=1S/C7H9N2.Sn.H/c1-5-4-6(2)9-7(3)8-5;;/h1-3H3;;. The van der Waals surface area contributed by atoms with E-state index in [1.54, 1.807) is 0 Å². The molecule has 1 aromatic rings. The third-order valence-electron chi connectivity index (χ3n) is 1.44. The number of aromatic nitrogens is 2. The van der Waals surface area contributed by atoms with E-state index in [0.29, 0.717) is 0 Å². The van der Waals surface area contributed by atoms with E-state index in [9.17, 15) is 0 Å². The fourth-order valence-electron chi connectivity index (χ4n) is 0.893. The van der Waals surface area contributed by atoms with Crippen LogP contribution in [-0.2, 0) is 0 Å². The van der Waals surface area contributed by atoms with Crippen LogP contribution in [0, 0.1) is 20.8 Å². The van der Waals surface area contributed by atoms with E-state index in [-0.39, 0.29) is 0 Å². The molecule has 1 heterocycles. The van der Waals surface area contributed by atoms with E-state index >= 15 is 0 Å². The molecule has 0 fully saturated rings. The summed E-state index contributed by atoms with van der Waals surface area (Å²) >= 11 is 1.11. The van der Waals surface area contributed by atoms with Crippen molar-refractivity contribution in [3.8, 4) is 0 Å². The Morgan fingerprint density at radius 1 is 1.00 bits per heavy atom. The molecule has 2 radical (unpaired) electrons. The van der Waals surface area contributed by atoms with Gasteiger partial charge in [0, 0.05) is 0 Å². The quantitative estimate of drug-likeness (QED) is 0.594. The maximum atomic E-state index is 4.26. The fraction of sp³-hybridized carbons (Fsp3) is 0.429. The maximum absolute atomic E-state index is 4.26. The second-order valence-corrected chi connectivity index (χ2v) is 4.00. The summed E-state index contributed by atoms with van der Waals surface area (Å²) in [4.78, 5) is 8.51. The van der Waals surface area contributed by atoms with Crippen LogP contribution in [0.3, 0.4) is 0 Å². The van der Waals surface area contributed by atoms with E-state index in [4.69, 9.17) is 0 Å². The number of hydrogen-bond donors (Lipinski definition) is 0. The Morgan fingerprint density at radius 2 is 1.40 bits per heavy atom. The van der Waals surface area contributed by atoms with Gasteiger partial charge in [-0.3, -0.25) is 0 Å². The van der Waals surface area contributed by atoms with Gasteiger partial charge in [-0.25, -0.2) is 0 Å². The molecule has 52 valence electrons. The van der Waals surface area contributed by atoms with Crippen LogP contribution in [-0.4, -0.2) is 32.5 Å². The Bertz CT molecular complexity index is 235. The molecule has 0 aromatic carbocycles. The van der Waals surface area contributed by atoms with Crippen molar-refractivity contribution in [3.63, 3.8) is 0 Å². The molecule has 2 nitrogen and oxygen atoms in total. The van der Waals surface area contributed by atoms with Crippen molar-refractivity contribution in [3.05, 3.63) is 17.2 Å². The van der Waals surface area contributed by atoms with Gasteiger partial charge in [-0.1, -0.05) is 0 Å². The van der Waals surface area contributed by atoms with Gasteiger partial charge in [0.2, 0.25) is 0 Å². The molecular formula is C7H10N2Sn. The van der Waals surface area contributed by atoms with Gasteiger partial charge in [0.15, 0.2) is 0 Å². The second-order valence-electron chi connectivity index (χ2n) is 2.36. The Balaban J connectivity index is 3.31. The van der Waals surface area contributed by atoms with Gasteiger partial charge in [0.1, 0.15) is 0 Å². The van der Waals surface area contributed by atoms with Gasteiger partial charge in [-0.2, -0.15) is 0 Å². The molecule has 0 unspecified atom stereocenters. The van der Waals surface area contributed by atoms with Gasteiger partial charge >= 0.3 is 74.1 Å². The van der Waals surface area contributed by atoms with Gasteiger partial charge in [-0.05, 0) is 0 Å². The molecule has 0 bridgehead atoms. The summed E-state index contributed by atoms with van der Waals surface area (Å²) in [6.07, 6.45) is 0. The Labute approximate surface area is 74.2 Å². The van der Waals surface area contributed by atoms with Crippen molar-refractivity contribution in [1.82, 2.24) is 9.97 Å². The van der Waals surface area contributed by atoms with E-state index in [1.807, 2.05) is 20.8 Å². The SMILES string of the molecule is Cc1nc(C)[c]([SnH])c(C)n1. The van der Waals surface area contributed by atoms with Gasteiger partial charge in [0.25, 0.3) is 0 Å². The summed E-state index contributed by atoms with van der Waals surface area (Å²) in [5, 5.41) is 0. The van der Waals surface area contributed by atoms with Crippen molar-refractivity contribution >= 4 is 26.1 Å². The van der Waals surface area contributed by atoms with E-state index in [0.717, 1.165) is 39.7 Å². The zero-order valence-electron chi connectivity index (χ0n) is 6.47. The third-order valence-corrected chi connectivity index (χ3v) is 3.82. The molecule has 10 heavy (non-hydrogen) atoms. The van der Waals surface area contributed by atoms with Crippen LogP contribution in [0.4, 0.5) is 0 Å². The first kappa shape index (κ1) is 7.98. The summed E-state index contributed by atoms with van der Waals surface area (Å²) in [5.41, 5.74) is 2.29. The zero-order chi connectivity index (χ0) is 7.72. The molecule has 0 aliphatic carbocycles. The number of hydrogen-bond acceptors (Lipinski definition) is 2. The molecule has 3 heteroatoms. The molecule has 0 saturated heterocycles. The summed E-state index contributed by atoms with van der Waals surface area (Å²) in [5.74, 6) is 0.882. The van der Waals surface area contributed by atoms with Crippen LogP contribution in [0.15, 0.2) is 0 Å². The first-order valence-corrected chi connectivity index (χ1v) is 4.83. The Morgan fingerprint density at radius 3 is 1.80 bits per heavy atom. The molecule has 1 rings (SSSR count). The van der Waals surface area contributed by atoms with E-state index in [1.165, 1.54) is 3.58 Å². The third kappa shape index (κ3) is 1.48. The molecule has 0 aliphatic heterocycles. The summed E-state index contributed by atoms with van der Waals surface area (Å²) in [6, 6.07) is 0. The molecule has 0 N–H and O–H groups in total. The molecule has 0 atom stereocenters. The van der Waals surface area contributed by atoms with Crippen LogP contribution < -0.4 is 3.58 Å². The minimum atomic E-state index is 0.882. The van der Waals surface area contributed by atoms with Crippen molar-refractivity contribution in [2.45, 2.75) is 20.8 Å². The molecule has 0 spiro atoms. The first-order chi connectivity index (χ1) is 4.61. The average molecular weight is 241 g/mol. The van der Waals surface area contributed by atoms with Gasteiger partial charge in [-0.15, -0.1) is 0 Å². The normalized spacial score (nSPS) is 10.0. The van der Waals surface area contributed by atoms with Crippen LogP contribution >= 0.6 is 0 Å². The first-order valence-electron chi connectivity index (χ1n) is 3.18. The van der Waals surface area contributed by atoms with Crippen LogP contribution in [0.2, 0.25) is 0 Å². The van der Waals surface area contributed by atoms with Crippen molar-refractivity contribution in [2.75, 3.05) is 0 Å². The second kappa shape index (κ2) is 2.86. The summed E-state index contributed by atoms with van der Waals surface area (Å²) in [7, 11) is 0. The fourth-order valence-corrected chi connectivity index (χ4v) is 1.26. The van der Waals surface area contributed by atoms with Crippen molar-refractivity contribution in [2.24, 2.45) is 0 Å². The molecule has 1 aromatic heterocycles.